The quantitative estimate of drug-likeness (QED) is 0.291. The van der Waals surface area contributed by atoms with Gasteiger partial charge in [-0.05, 0) is 37.4 Å². The van der Waals surface area contributed by atoms with Gasteiger partial charge in [-0.1, -0.05) is 42.7 Å². The third kappa shape index (κ3) is 9.18. The Morgan fingerprint density at radius 3 is 2.17 bits per heavy atom. The fourth-order valence-corrected chi connectivity index (χ4v) is 2.33. The van der Waals surface area contributed by atoms with Crippen LogP contribution in [0, 0.1) is 0 Å². The van der Waals surface area contributed by atoms with Crippen LogP contribution in [-0.4, -0.2) is 64.0 Å². The van der Waals surface area contributed by atoms with Crippen molar-refractivity contribution in [2.24, 2.45) is 5.16 Å². The number of carboxylic acids is 2. The summed E-state index contributed by atoms with van der Waals surface area (Å²) >= 11 is 5.97. The fourth-order valence-electron chi connectivity index (χ4n) is 2.20. The van der Waals surface area contributed by atoms with Gasteiger partial charge in [0.25, 0.3) is 0 Å². The van der Waals surface area contributed by atoms with Gasteiger partial charge in [0.1, 0.15) is 12.3 Å². The summed E-state index contributed by atoms with van der Waals surface area (Å²) in [7, 11) is 0. The topological polar surface area (TPSA) is 112 Å². The van der Waals surface area contributed by atoms with Gasteiger partial charge in [-0.3, -0.25) is 4.98 Å². The molecule has 0 amide bonds. The Labute approximate surface area is 174 Å². The first-order chi connectivity index (χ1) is 13.9. The van der Waals surface area contributed by atoms with E-state index in [0.717, 1.165) is 36.5 Å². The Bertz CT molecular complexity index is 782. The molecule has 1 aromatic heterocycles. The van der Waals surface area contributed by atoms with E-state index >= 15 is 0 Å². The van der Waals surface area contributed by atoms with Crippen molar-refractivity contribution in [2.75, 3.05) is 26.2 Å². The van der Waals surface area contributed by atoms with E-state index in [1.165, 1.54) is 0 Å². The summed E-state index contributed by atoms with van der Waals surface area (Å²) in [5.41, 5.74) is 2.62. The Morgan fingerprint density at radius 2 is 1.69 bits per heavy atom. The number of hydrogen-bond acceptors (Lipinski definition) is 6. The van der Waals surface area contributed by atoms with Crippen LogP contribution in [0.2, 0.25) is 5.02 Å². The van der Waals surface area contributed by atoms with Crippen molar-refractivity contribution in [3.8, 4) is 0 Å². The van der Waals surface area contributed by atoms with Crippen molar-refractivity contribution >= 4 is 29.3 Å². The summed E-state index contributed by atoms with van der Waals surface area (Å²) in [6.07, 6.45) is 3.52. The van der Waals surface area contributed by atoms with E-state index in [9.17, 15) is 0 Å². The Balaban J connectivity index is 0.000000612. The van der Waals surface area contributed by atoms with E-state index in [-0.39, 0.29) is 0 Å². The van der Waals surface area contributed by atoms with Crippen LogP contribution in [0.25, 0.3) is 0 Å². The zero-order valence-electron chi connectivity index (χ0n) is 16.3. The number of aliphatic carboxylic acids is 2. The van der Waals surface area contributed by atoms with Gasteiger partial charge < -0.3 is 20.0 Å². The van der Waals surface area contributed by atoms with E-state index in [1.807, 2.05) is 36.4 Å². The third-order valence-corrected chi connectivity index (χ3v) is 4.04. The number of oxime groups is 1. The number of carboxylic acid groups (broad SMARTS) is 2. The third-order valence-electron chi connectivity index (χ3n) is 3.78. The van der Waals surface area contributed by atoms with Gasteiger partial charge >= 0.3 is 11.9 Å². The summed E-state index contributed by atoms with van der Waals surface area (Å²) in [5.74, 6) is -3.65. The second kappa shape index (κ2) is 13.2. The molecule has 2 N–H and O–H groups in total. The zero-order valence-corrected chi connectivity index (χ0v) is 17.0. The largest absolute Gasteiger partial charge is 0.473 e. The molecule has 0 saturated heterocycles. The van der Waals surface area contributed by atoms with Gasteiger partial charge in [0.15, 0.2) is 0 Å². The van der Waals surface area contributed by atoms with Gasteiger partial charge in [0.05, 0.1) is 0 Å². The van der Waals surface area contributed by atoms with E-state index in [2.05, 4.69) is 28.9 Å². The number of rotatable bonds is 8. The van der Waals surface area contributed by atoms with Gasteiger partial charge in [-0.15, -0.1) is 0 Å². The van der Waals surface area contributed by atoms with E-state index < -0.39 is 11.9 Å². The van der Waals surface area contributed by atoms with Crippen LogP contribution >= 0.6 is 11.6 Å². The number of carbonyl (C=O) groups is 2. The molecule has 0 radical (unpaired) electrons. The molecule has 0 unspecified atom stereocenters. The molecule has 0 saturated carbocycles. The lowest BCUT2D eigenvalue weighted by molar-refractivity contribution is -0.159. The monoisotopic (exact) mass is 421 g/mol. The number of pyridine rings is 1. The van der Waals surface area contributed by atoms with Crippen LogP contribution in [0.15, 0.2) is 53.9 Å². The number of halogens is 1. The highest BCUT2D eigenvalue weighted by molar-refractivity contribution is 6.30. The molecule has 1 aromatic carbocycles. The molecule has 9 heteroatoms. The Hall–Kier alpha value is -2.97. The summed E-state index contributed by atoms with van der Waals surface area (Å²) in [6.45, 7) is 7.71. The molecular weight excluding hydrogens is 398 g/mol. The second-order valence-corrected chi connectivity index (χ2v) is 6.10. The molecule has 0 spiro atoms. The second-order valence-electron chi connectivity index (χ2n) is 5.66. The van der Waals surface area contributed by atoms with Crippen LogP contribution in [0.1, 0.15) is 25.0 Å². The number of aromatic nitrogens is 1. The maximum Gasteiger partial charge on any atom is 0.414 e. The molecule has 0 atom stereocenters. The average molecular weight is 422 g/mol. The number of benzene rings is 1. The molecule has 2 rings (SSSR count). The predicted octanol–water partition coefficient (Wildman–Crippen LogP) is 3.00. The lowest BCUT2D eigenvalue weighted by Gasteiger charge is -2.16. The Kier molecular flexibility index (Phi) is 11.0. The minimum atomic E-state index is -1.82. The minimum Gasteiger partial charge on any atom is -0.473 e. The molecule has 1 heterocycles. The normalized spacial score (nSPS) is 10.8. The van der Waals surface area contributed by atoms with Crippen molar-refractivity contribution in [1.82, 2.24) is 9.88 Å². The number of hydrogen-bond donors (Lipinski definition) is 2. The van der Waals surface area contributed by atoms with Crippen LogP contribution in [0.4, 0.5) is 0 Å². The van der Waals surface area contributed by atoms with Crippen LogP contribution in [0.3, 0.4) is 0 Å². The predicted molar refractivity (Wildman–Crippen MR) is 110 cm³/mol. The summed E-state index contributed by atoms with van der Waals surface area (Å²) < 4.78 is 0. The lowest BCUT2D eigenvalue weighted by Crippen LogP contribution is -2.26. The molecule has 156 valence electrons. The summed E-state index contributed by atoms with van der Waals surface area (Å²) in [6, 6.07) is 11.4. The number of likely N-dealkylation sites (N-methyl/N-ethyl adjacent to an activating group) is 1. The fraction of sp³-hybridized carbons (Fsp3) is 0.300. The highest BCUT2D eigenvalue weighted by Crippen LogP contribution is 2.14. The molecule has 2 aromatic rings. The first kappa shape index (κ1) is 24.1. The Morgan fingerprint density at radius 1 is 1.07 bits per heavy atom. The average Bonchev–Trinajstić information content (AvgIpc) is 2.73. The van der Waals surface area contributed by atoms with Crippen molar-refractivity contribution < 1.29 is 24.6 Å². The minimum absolute atomic E-state index is 0.555. The van der Waals surface area contributed by atoms with E-state index in [0.29, 0.717) is 11.6 Å². The zero-order chi connectivity index (χ0) is 21.6. The summed E-state index contributed by atoms with van der Waals surface area (Å²) in [5, 5.41) is 19.8. The van der Waals surface area contributed by atoms with Crippen molar-refractivity contribution in [1.29, 1.82) is 0 Å². The van der Waals surface area contributed by atoms with Gasteiger partial charge in [-0.25, -0.2) is 9.59 Å². The van der Waals surface area contributed by atoms with Gasteiger partial charge in [-0.2, -0.15) is 0 Å². The molecule has 0 aliphatic rings. The van der Waals surface area contributed by atoms with Crippen LogP contribution in [0.5, 0.6) is 0 Å². The molecule has 0 aliphatic heterocycles. The first-order valence-electron chi connectivity index (χ1n) is 8.93. The van der Waals surface area contributed by atoms with Crippen LogP contribution in [-0.2, 0) is 14.4 Å². The highest BCUT2D eigenvalue weighted by atomic mass is 35.5. The van der Waals surface area contributed by atoms with Crippen molar-refractivity contribution in [2.45, 2.75) is 13.8 Å². The SMILES string of the molecule is CCN(CC)CCO/N=C(\c1ccc(Cl)cc1)c1cccnc1.O=C(O)C(=O)O. The molecule has 8 nitrogen and oxygen atoms in total. The van der Waals surface area contributed by atoms with E-state index in [4.69, 9.17) is 36.2 Å². The maximum atomic E-state index is 9.10. The summed E-state index contributed by atoms with van der Waals surface area (Å²) in [4.78, 5) is 30.2. The molecule has 0 fully saturated rings. The van der Waals surface area contributed by atoms with Crippen LogP contribution < -0.4 is 0 Å². The first-order valence-corrected chi connectivity index (χ1v) is 9.31. The molecule has 0 aliphatic carbocycles. The van der Waals surface area contributed by atoms with E-state index in [1.54, 1.807) is 12.4 Å². The highest BCUT2D eigenvalue weighted by Gasteiger charge is 2.08. The molecule has 0 bridgehead atoms. The standard InChI is InChI=1S/C18H22ClN3O.C2H2O4/c1-3-22(4-2)12-13-23-21-18(16-6-5-11-20-14-16)15-7-9-17(19)10-8-15;3-1(4)2(5)6/h5-11,14H,3-4,12-13H2,1-2H3;(H,3,4)(H,5,6)/b21-18+;. The van der Waals surface area contributed by atoms with Crippen molar-refractivity contribution in [3.63, 3.8) is 0 Å². The number of nitrogens with zero attached hydrogens (tertiary/aromatic N) is 3. The van der Waals surface area contributed by atoms with Gasteiger partial charge in [0.2, 0.25) is 0 Å². The smallest absolute Gasteiger partial charge is 0.414 e. The van der Waals surface area contributed by atoms with Crippen molar-refractivity contribution in [3.05, 3.63) is 64.9 Å². The molecule has 29 heavy (non-hydrogen) atoms. The van der Waals surface area contributed by atoms with Gasteiger partial charge in [0, 0.05) is 35.1 Å². The lowest BCUT2D eigenvalue weighted by atomic mass is 10.0. The molecular formula is C20H24ClN3O5. The maximum absolute atomic E-state index is 9.10.